The number of piperazine rings is 1. The van der Waals surface area contributed by atoms with Crippen molar-refractivity contribution in [2.75, 3.05) is 18.0 Å². The lowest BCUT2D eigenvalue weighted by atomic mass is 10.1. The van der Waals surface area contributed by atoms with Gasteiger partial charge in [0.2, 0.25) is 0 Å². The van der Waals surface area contributed by atoms with Crippen molar-refractivity contribution in [3.8, 4) is 0 Å². The number of benzene rings is 1. The van der Waals surface area contributed by atoms with Gasteiger partial charge in [-0.25, -0.2) is 9.37 Å². The lowest BCUT2D eigenvalue weighted by Crippen LogP contribution is -2.57. The molecule has 1 aliphatic rings. The molecular weight excluding hydrogens is 307 g/mol. The molecule has 7 heteroatoms. The van der Waals surface area contributed by atoms with E-state index in [0.29, 0.717) is 24.1 Å². The van der Waals surface area contributed by atoms with E-state index in [4.69, 9.17) is 11.6 Å². The molecule has 1 aromatic carbocycles. The highest BCUT2D eigenvalue weighted by molar-refractivity contribution is 6.62. The molecule has 2 heterocycles. The number of amides is 1. The second kappa shape index (κ2) is 5.68. The van der Waals surface area contributed by atoms with Crippen molar-refractivity contribution in [2.24, 2.45) is 0 Å². The SMILES string of the molecule is C[C@@H]1CN(c2cnc3cc(F)ccc3n2)[C@@H](C)CN1C(=O)Cl. The van der Waals surface area contributed by atoms with Gasteiger partial charge in [-0.1, -0.05) is 0 Å². The van der Waals surface area contributed by atoms with Crippen LogP contribution in [0.5, 0.6) is 0 Å². The van der Waals surface area contributed by atoms with Gasteiger partial charge >= 0.3 is 5.37 Å². The Morgan fingerprint density at radius 3 is 2.77 bits per heavy atom. The number of nitrogens with zero attached hydrogens (tertiary/aromatic N) is 4. The molecule has 0 aliphatic carbocycles. The number of carbonyl (C=O) groups excluding carboxylic acids is 1. The average Bonchev–Trinajstić information content (AvgIpc) is 2.48. The van der Waals surface area contributed by atoms with E-state index < -0.39 is 5.37 Å². The summed E-state index contributed by atoms with van der Waals surface area (Å²) in [4.78, 5) is 24.0. The Labute approximate surface area is 132 Å². The Balaban J connectivity index is 1.90. The van der Waals surface area contributed by atoms with Crippen LogP contribution >= 0.6 is 11.6 Å². The third kappa shape index (κ3) is 2.70. The second-order valence-corrected chi connectivity index (χ2v) is 5.94. The number of fused-ring (bicyclic) bond motifs is 1. The fourth-order valence-electron chi connectivity index (χ4n) is 2.80. The van der Waals surface area contributed by atoms with Crippen LogP contribution in [0.4, 0.5) is 15.0 Å². The Bertz CT molecular complexity index is 726. The van der Waals surface area contributed by atoms with E-state index in [1.807, 2.05) is 13.8 Å². The highest BCUT2D eigenvalue weighted by atomic mass is 35.5. The zero-order valence-corrected chi connectivity index (χ0v) is 13.1. The van der Waals surface area contributed by atoms with Crippen molar-refractivity contribution >= 4 is 33.8 Å². The van der Waals surface area contributed by atoms with Crippen molar-refractivity contribution in [1.82, 2.24) is 14.9 Å². The van der Waals surface area contributed by atoms with Gasteiger partial charge in [0, 0.05) is 31.2 Å². The molecule has 1 amide bonds. The first-order chi connectivity index (χ1) is 10.5. The Hall–Kier alpha value is -1.95. The van der Waals surface area contributed by atoms with E-state index in [-0.39, 0.29) is 17.9 Å². The van der Waals surface area contributed by atoms with Gasteiger partial charge in [0.15, 0.2) is 0 Å². The van der Waals surface area contributed by atoms with E-state index in [1.54, 1.807) is 17.2 Å². The van der Waals surface area contributed by atoms with Crippen LogP contribution in [0.3, 0.4) is 0 Å². The molecule has 116 valence electrons. The first-order valence-corrected chi connectivity index (χ1v) is 7.48. The van der Waals surface area contributed by atoms with Crippen LogP contribution in [0.2, 0.25) is 0 Å². The summed E-state index contributed by atoms with van der Waals surface area (Å²) in [5.41, 5.74) is 1.17. The molecular formula is C15H16ClFN4O. The highest BCUT2D eigenvalue weighted by Gasteiger charge is 2.32. The molecule has 2 atom stereocenters. The third-order valence-electron chi connectivity index (χ3n) is 4.00. The fraction of sp³-hybridized carbons (Fsp3) is 0.400. The summed E-state index contributed by atoms with van der Waals surface area (Å²) in [6.45, 7) is 5.12. The summed E-state index contributed by atoms with van der Waals surface area (Å²) in [6.07, 6.45) is 1.64. The van der Waals surface area contributed by atoms with Gasteiger partial charge in [-0.2, -0.15) is 0 Å². The minimum absolute atomic E-state index is 0.00749. The summed E-state index contributed by atoms with van der Waals surface area (Å²) in [7, 11) is 0. The lowest BCUT2D eigenvalue weighted by molar-refractivity contribution is 0.182. The van der Waals surface area contributed by atoms with Crippen LogP contribution < -0.4 is 4.90 Å². The number of hydrogen-bond acceptors (Lipinski definition) is 4. The first kappa shape index (κ1) is 15.0. The Morgan fingerprint density at radius 1 is 1.27 bits per heavy atom. The van der Waals surface area contributed by atoms with Gasteiger partial charge in [-0.3, -0.25) is 9.78 Å². The van der Waals surface area contributed by atoms with E-state index in [0.717, 1.165) is 5.82 Å². The predicted molar refractivity (Wildman–Crippen MR) is 83.7 cm³/mol. The van der Waals surface area contributed by atoms with Crippen LogP contribution in [0.15, 0.2) is 24.4 Å². The lowest BCUT2D eigenvalue weighted by Gasteiger charge is -2.43. The summed E-state index contributed by atoms with van der Waals surface area (Å²) < 4.78 is 13.2. The smallest absolute Gasteiger partial charge is 0.316 e. The number of carbonyl (C=O) groups is 1. The van der Waals surface area contributed by atoms with Crippen molar-refractivity contribution in [1.29, 1.82) is 0 Å². The molecule has 0 spiro atoms. The average molecular weight is 323 g/mol. The summed E-state index contributed by atoms with van der Waals surface area (Å²) in [5, 5.41) is -0.431. The fourth-order valence-corrected chi connectivity index (χ4v) is 3.04. The maximum atomic E-state index is 13.2. The van der Waals surface area contributed by atoms with E-state index >= 15 is 0 Å². The number of halogens is 2. The predicted octanol–water partition coefficient (Wildman–Crippen LogP) is 3.03. The molecule has 5 nitrogen and oxygen atoms in total. The van der Waals surface area contributed by atoms with Crippen LogP contribution in [0.1, 0.15) is 13.8 Å². The molecule has 0 N–H and O–H groups in total. The highest BCUT2D eigenvalue weighted by Crippen LogP contribution is 2.24. The zero-order chi connectivity index (χ0) is 15.9. The number of rotatable bonds is 1. The summed E-state index contributed by atoms with van der Waals surface area (Å²) in [5.74, 6) is 0.394. The first-order valence-electron chi connectivity index (χ1n) is 7.11. The van der Waals surface area contributed by atoms with Gasteiger partial charge in [-0.05, 0) is 37.6 Å². The van der Waals surface area contributed by atoms with Gasteiger partial charge in [-0.15, -0.1) is 0 Å². The van der Waals surface area contributed by atoms with Gasteiger partial charge in [0.1, 0.15) is 11.6 Å². The number of aromatic nitrogens is 2. The van der Waals surface area contributed by atoms with Gasteiger partial charge in [0.05, 0.1) is 17.2 Å². The van der Waals surface area contributed by atoms with Crippen molar-refractivity contribution in [2.45, 2.75) is 25.9 Å². The molecule has 0 radical (unpaired) electrons. The third-order valence-corrected chi connectivity index (χ3v) is 4.21. The van der Waals surface area contributed by atoms with Crippen LogP contribution in [0, 0.1) is 5.82 Å². The van der Waals surface area contributed by atoms with Crippen LogP contribution in [0.25, 0.3) is 11.0 Å². The van der Waals surface area contributed by atoms with Crippen LogP contribution in [-0.2, 0) is 0 Å². The molecule has 1 aromatic heterocycles. The second-order valence-electron chi connectivity index (χ2n) is 5.62. The normalized spacial score (nSPS) is 22.2. The van der Waals surface area contributed by atoms with E-state index in [9.17, 15) is 9.18 Å². The van der Waals surface area contributed by atoms with Crippen molar-refractivity contribution in [3.05, 3.63) is 30.2 Å². The van der Waals surface area contributed by atoms with E-state index in [2.05, 4.69) is 14.9 Å². The molecule has 0 bridgehead atoms. The van der Waals surface area contributed by atoms with Crippen molar-refractivity contribution in [3.63, 3.8) is 0 Å². The summed E-state index contributed by atoms with van der Waals surface area (Å²) >= 11 is 5.61. The molecule has 1 fully saturated rings. The van der Waals surface area contributed by atoms with Gasteiger partial charge in [0.25, 0.3) is 0 Å². The topological polar surface area (TPSA) is 49.3 Å². The molecule has 2 aromatic rings. The molecule has 1 aliphatic heterocycles. The van der Waals surface area contributed by atoms with Crippen LogP contribution in [-0.4, -0.2) is 45.4 Å². The molecule has 3 rings (SSSR count). The maximum absolute atomic E-state index is 13.2. The Morgan fingerprint density at radius 2 is 2.05 bits per heavy atom. The quantitative estimate of drug-likeness (QED) is 0.598. The van der Waals surface area contributed by atoms with Crippen molar-refractivity contribution < 1.29 is 9.18 Å². The molecule has 22 heavy (non-hydrogen) atoms. The Kier molecular flexibility index (Phi) is 3.87. The summed E-state index contributed by atoms with van der Waals surface area (Å²) in [6, 6.07) is 4.42. The molecule has 0 saturated carbocycles. The standard InChI is InChI=1S/C15H16ClFN4O/c1-9-8-21(15(16)22)10(2)7-20(9)14-6-18-13-5-11(17)3-4-12(13)19-14/h3-6,9-10H,7-8H2,1-2H3/t9-,10+/m0/s1. The van der Waals surface area contributed by atoms with Gasteiger partial charge < -0.3 is 9.80 Å². The minimum atomic E-state index is -0.431. The molecule has 0 unspecified atom stereocenters. The number of anilines is 1. The minimum Gasteiger partial charge on any atom is -0.349 e. The maximum Gasteiger partial charge on any atom is 0.316 e. The van der Waals surface area contributed by atoms with E-state index in [1.165, 1.54) is 12.1 Å². The monoisotopic (exact) mass is 322 g/mol. The molecule has 1 saturated heterocycles. The largest absolute Gasteiger partial charge is 0.349 e. The number of hydrogen-bond donors (Lipinski definition) is 0. The zero-order valence-electron chi connectivity index (χ0n) is 12.3.